The number of aryl methyl sites for hydroxylation is 1. The first-order valence-electron chi connectivity index (χ1n) is 5.67. The van der Waals surface area contributed by atoms with Crippen molar-refractivity contribution in [2.24, 2.45) is 5.18 Å². The van der Waals surface area contributed by atoms with Gasteiger partial charge in [0.25, 0.3) is 0 Å². The Morgan fingerprint density at radius 1 is 1.47 bits per heavy atom. The fourth-order valence-corrected chi connectivity index (χ4v) is 1.95. The summed E-state index contributed by atoms with van der Waals surface area (Å²) in [5.41, 5.74) is 2.35. The number of aromatic nitrogens is 2. The number of rotatable bonds is 3. The van der Waals surface area contributed by atoms with Gasteiger partial charge in [-0.2, -0.15) is 10.4 Å². The fraction of sp³-hybridized carbons (Fsp3) is 0.231. The zero-order chi connectivity index (χ0) is 14.0. The lowest BCUT2D eigenvalue weighted by Gasteiger charge is -1.99. The lowest BCUT2D eigenvalue weighted by Crippen LogP contribution is -2.39. The van der Waals surface area contributed by atoms with Crippen molar-refractivity contribution in [3.8, 4) is 6.07 Å². The zero-order valence-corrected chi connectivity index (χ0v) is 10.6. The Hall–Kier alpha value is -2.55. The van der Waals surface area contributed by atoms with Crippen LogP contribution in [0.25, 0.3) is 0 Å². The number of halogens is 1. The number of nitrogens with one attached hydrogen (secondary N) is 1. The molecule has 6 heteroatoms. The van der Waals surface area contributed by atoms with Crippen LogP contribution in [-0.2, 0) is 6.54 Å². The molecule has 19 heavy (non-hydrogen) atoms. The summed E-state index contributed by atoms with van der Waals surface area (Å²) in [6.45, 7) is 3.72. The van der Waals surface area contributed by atoms with Gasteiger partial charge in [0, 0.05) is 6.92 Å². The zero-order valence-electron chi connectivity index (χ0n) is 10.6. The van der Waals surface area contributed by atoms with Crippen LogP contribution in [0.4, 0.5) is 10.1 Å². The van der Waals surface area contributed by atoms with Gasteiger partial charge in [0.05, 0.1) is 17.2 Å². The molecule has 0 bridgehead atoms. The van der Waals surface area contributed by atoms with Gasteiger partial charge in [-0.05, 0) is 30.3 Å². The van der Waals surface area contributed by atoms with Crippen LogP contribution in [0.15, 0.2) is 23.4 Å². The van der Waals surface area contributed by atoms with Gasteiger partial charge >= 0.3 is 0 Å². The first-order valence-corrected chi connectivity index (χ1v) is 5.67. The number of H-pyrrole nitrogens is 1. The van der Waals surface area contributed by atoms with Crippen molar-refractivity contribution in [1.82, 2.24) is 5.10 Å². The smallest absolute Gasteiger partial charge is 0.206 e. The summed E-state index contributed by atoms with van der Waals surface area (Å²) in [4.78, 5) is 10.7. The minimum Gasteiger partial charge on any atom is -0.206 e. The Kier molecular flexibility index (Phi) is 3.38. The molecule has 96 valence electrons. The van der Waals surface area contributed by atoms with Gasteiger partial charge in [-0.25, -0.2) is 4.39 Å². The summed E-state index contributed by atoms with van der Waals surface area (Å²) in [6.07, 6.45) is 0. The Balaban J connectivity index is 2.37. The van der Waals surface area contributed by atoms with Gasteiger partial charge in [-0.3, -0.25) is 0 Å². The van der Waals surface area contributed by atoms with Crippen LogP contribution in [0.1, 0.15) is 22.5 Å². The normalized spacial score (nSPS) is 10.2. The molecular formula is C13H12FN4O+. The average Bonchev–Trinajstić information content (AvgIpc) is 2.66. The second-order valence-corrected chi connectivity index (χ2v) is 4.27. The van der Waals surface area contributed by atoms with E-state index in [4.69, 9.17) is 5.26 Å². The molecule has 0 unspecified atom stereocenters. The summed E-state index contributed by atoms with van der Waals surface area (Å²) in [7, 11) is 0. The summed E-state index contributed by atoms with van der Waals surface area (Å²) < 4.78 is 15.4. The Bertz CT molecular complexity index is 685. The van der Waals surface area contributed by atoms with Gasteiger partial charge in [-0.15, -0.1) is 9.59 Å². The lowest BCUT2D eigenvalue weighted by molar-refractivity contribution is -0.747. The standard InChI is InChI=1S/C13H11FN4O/c1-8-13(17-19)9(2)18(16-8)7-11-4-3-10(6-15)5-12(11)14/h3-5H,7H2,1-2H3/p+1. The third-order valence-corrected chi connectivity index (χ3v) is 3.01. The van der Waals surface area contributed by atoms with Gasteiger partial charge < -0.3 is 0 Å². The van der Waals surface area contributed by atoms with E-state index in [2.05, 4.69) is 10.3 Å². The molecule has 0 radical (unpaired) electrons. The second kappa shape index (κ2) is 4.98. The van der Waals surface area contributed by atoms with E-state index in [0.717, 1.165) is 0 Å². The number of nitrogens with zero attached hydrogens (tertiary/aromatic N) is 3. The molecule has 0 spiro atoms. The summed E-state index contributed by atoms with van der Waals surface area (Å²) in [6, 6.07) is 6.19. The highest BCUT2D eigenvalue weighted by molar-refractivity contribution is 5.42. The molecule has 0 amide bonds. The molecule has 0 atom stereocenters. The van der Waals surface area contributed by atoms with Crippen molar-refractivity contribution < 1.29 is 9.07 Å². The highest BCUT2D eigenvalue weighted by Gasteiger charge is 2.21. The summed E-state index contributed by atoms with van der Waals surface area (Å²) in [5, 5.41) is 14.6. The molecule has 1 heterocycles. The van der Waals surface area contributed by atoms with E-state index in [-0.39, 0.29) is 12.1 Å². The molecule has 0 fully saturated rings. The maximum absolute atomic E-state index is 13.8. The number of nitroso groups, excluding NO2 is 1. The molecule has 1 N–H and O–H groups in total. The third kappa shape index (κ3) is 2.36. The van der Waals surface area contributed by atoms with Crippen molar-refractivity contribution in [3.63, 3.8) is 0 Å². The Morgan fingerprint density at radius 2 is 2.21 bits per heavy atom. The summed E-state index contributed by atoms with van der Waals surface area (Å²) in [5.74, 6) is -0.446. The van der Waals surface area contributed by atoms with E-state index in [1.165, 1.54) is 6.07 Å². The quantitative estimate of drug-likeness (QED) is 0.678. The Labute approximate surface area is 109 Å². The van der Waals surface area contributed by atoms with Crippen molar-refractivity contribution in [2.75, 3.05) is 0 Å². The molecular weight excluding hydrogens is 247 g/mol. The number of hydrogen-bond acceptors (Lipinski definition) is 3. The van der Waals surface area contributed by atoms with Crippen molar-refractivity contribution in [1.29, 1.82) is 5.26 Å². The van der Waals surface area contributed by atoms with Gasteiger partial charge in [0.1, 0.15) is 11.5 Å². The first-order chi connectivity index (χ1) is 9.06. The molecule has 2 aromatic rings. The SMILES string of the molecule is Cc1[nH][n+](Cc2ccc(C#N)cc2F)c(C)c1N=O. The lowest BCUT2D eigenvalue weighted by atomic mass is 10.1. The maximum Gasteiger partial charge on any atom is 0.234 e. The van der Waals surface area contributed by atoms with Crippen LogP contribution < -0.4 is 4.68 Å². The maximum atomic E-state index is 13.8. The number of benzene rings is 1. The van der Waals surface area contributed by atoms with Crippen LogP contribution >= 0.6 is 0 Å². The molecule has 1 aromatic heterocycles. The van der Waals surface area contributed by atoms with E-state index in [1.54, 1.807) is 30.7 Å². The van der Waals surface area contributed by atoms with E-state index in [1.807, 2.05) is 6.07 Å². The Morgan fingerprint density at radius 3 is 2.74 bits per heavy atom. The van der Waals surface area contributed by atoms with Crippen LogP contribution in [0.2, 0.25) is 0 Å². The van der Waals surface area contributed by atoms with Crippen molar-refractivity contribution >= 4 is 5.69 Å². The molecule has 0 saturated heterocycles. The number of aromatic amines is 1. The molecule has 5 nitrogen and oxygen atoms in total. The molecule has 0 aliphatic heterocycles. The predicted molar refractivity (Wildman–Crippen MR) is 66.1 cm³/mol. The molecule has 1 aromatic carbocycles. The van der Waals surface area contributed by atoms with Crippen LogP contribution in [-0.4, -0.2) is 5.10 Å². The van der Waals surface area contributed by atoms with Crippen LogP contribution in [0.5, 0.6) is 0 Å². The van der Waals surface area contributed by atoms with Gasteiger partial charge in [0.15, 0.2) is 6.54 Å². The summed E-state index contributed by atoms with van der Waals surface area (Å²) >= 11 is 0. The monoisotopic (exact) mass is 259 g/mol. The van der Waals surface area contributed by atoms with E-state index in [0.29, 0.717) is 22.6 Å². The minimum absolute atomic E-state index is 0.250. The van der Waals surface area contributed by atoms with E-state index in [9.17, 15) is 9.30 Å². The highest BCUT2D eigenvalue weighted by atomic mass is 19.1. The first kappa shape index (κ1) is 12.9. The van der Waals surface area contributed by atoms with Crippen LogP contribution in [0, 0.1) is 35.9 Å². The van der Waals surface area contributed by atoms with Crippen molar-refractivity contribution in [3.05, 3.63) is 51.4 Å². The molecule has 0 aliphatic rings. The highest BCUT2D eigenvalue weighted by Crippen LogP contribution is 2.19. The van der Waals surface area contributed by atoms with E-state index < -0.39 is 5.82 Å². The fourth-order valence-electron chi connectivity index (χ4n) is 1.95. The van der Waals surface area contributed by atoms with Gasteiger partial charge in [0.2, 0.25) is 11.4 Å². The van der Waals surface area contributed by atoms with E-state index >= 15 is 0 Å². The predicted octanol–water partition coefficient (Wildman–Crippen LogP) is 2.38. The number of hydrogen-bond donors (Lipinski definition) is 1. The molecule has 0 saturated carbocycles. The second-order valence-electron chi connectivity index (χ2n) is 4.27. The van der Waals surface area contributed by atoms with Crippen molar-refractivity contribution in [2.45, 2.75) is 20.4 Å². The topological polar surface area (TPSA) is 72.9 Å². The molecule has 2 rings (SSSR count). The van der Waals surface area contributed by atoms with Crippen LogP contribution in [0.3, 0.4) is 0 Å². The number of nitriles is 1. The molecule has 0 aliphatic carbocycles. The van der Waals surface area contributed by atoms with Gasteiger partial charge in [-0.1, -0.05) is 0 Å². The third-order valence-electron chi connectivity index (χ3n) is 3.01. The average molecular weight is 259 g/mol. The minimum atomic E-state index is -0.446. The largest absolute Gasteiger partial charge is 0.234 e.